The number of aromatic nitrogens is 5. The van der Waals surface area contributed by atoms with Crippen molar-refractivity contribution in [2.45, 2.75) is 43.3 Å². The Kier molecular flexibility index (Phi) is 10.6. The summed E-state index contributed by atoms with van der Waals surface area (Å²) in [4.78, 5) is 77.7. The Morgan fingerprint density at radius 3 is 2.23 bits per heavy atom. The summed E-state index contributed by atoms with van der Waals surface area (Å²) >= 11 is 12.8. The summed E-state index contributed by atoms with van der Waals surface area (Å²) < 4.78 is 26.8. The number of nitrogens with one attached hydrogen (secondary N) is 1. The fourth-order valence-corrected chi connectivity index (χ4v) is 10.1. The summed E-state index contributed by atoms with van der Waals surface area (Å²) in [5, 5.41) is 12.7. The number of halogens is 2. The number of aromatic hydroxyl groups is 1. The van der Waals surface area contributed by atoms with Gasteiger partial charge in [0.2, 0.25) is 0 Å². The molecule has 1 aliphatic carbocycles. The first-order chi connectivity index (χ1) is 30.8. The molecule has 0 radical (unpaired) electrons. The van der Waals surface area contributed by atoms with E-state index in [9.17, 15) is 19.5 Å². The van der Waals surface area contributed by atoms with Crippen LogP contribution in [0.15, 0.2) is 98.8 Å². The molecule has 2 aromatic heterocycles. The van der Waals surface area contributed by atoms with Crippen molar-refractivity contribution in [3.8, 4) is 28.7 Å². The first-order valence-corrected chi connectivity index (χ1v) is 20.9. The zero-order valence-corrected chi connectivity index (χ0v) is 36.6. The van der Waals surface area contributed by atoms with Gasteiger partial charge < -0.3 is 28.6 Å². The highest BCUT2D eigenvalue weighted by atomic mass is 35.5. The summed E-state index contributed by atoms with van der Waals surface area (Å²) in [5.74, 6) is -2.09. The van der Waals surface area contributed by atoms with E-state index in [0.29, 0.717) is 50.0 Å². The predicted octanol–water partition coefficient (Wildman–Crippen LogP) is 4.97. The van der Waals surface area contributed by atoms with Crippen LogP contribution in [0.4, 0.5) is 5.69 Å². The van der Waals surface area contributed by atoms with Gasteiger partial charge in [-0.2, -0.15) is 5.01 Å². The van der Waals surface area contributed by atoms with Gasteiger partial charge in [0.1, 0.15) is 11.4 Å². The molecule has 0 bridgehead atoms. The molecule has 2 fully saturated rings. The van der Waals surface area contributed by atoms with E-state index in [4.69, 9.17) is 42.1 Å². The van der Waals surface area contributed by atoms with E-state index in [1.54, 1.807) is 73.8 Å². The van der Waals surface area contributed by atoms with Gasteiger partial charge in [0, 0.05) is 43.1 Å². The van der Waals surface area contributed by atoms with E-state index in [-0.39, 0.29) is 53.8 Å². The van der Waals surface area contributed by atoms with Crippen molar-refractivity contribution in [2.75, 3.05) is 33.9 Å². The number of phenolic OH excluding ortho intramolecular Hbond substituents is 1. The molecule has 0 unspecified atom stereocenters. The van der Waals surface area contributed by atoms with Crippen LogP contribution in [0, 0.1) is 5.92 Å². The maximum Gasteiger partial charge on any atom is 0.347 e. The lowest BCUT2D eigenvalue weighted by molar-refractivity contribution is -0.138. The largest absolute Gasteiger partial charge is 0.504 e. The second-order valence-corrected chi connectivity index (χ2v) is 16.5. The summed E-state index contributed by atoms with van der Waals surface area (Å²) in [6, 6.07) is 18.6. The zero-order chi connectivity index (χ0) is 45.4. The number of amides is 2. The number of benzene rings is 4. The third-order valence-electron chi connectivity index (χ3n) is 12.7. The van der Waals surface area contributed by atoms with E-state index in [2.05, 4.69) is 10.4 Å². The van der Waals surface area contributed by atoms with Crippen LogP contribution in [-0.2, 0) is 41.6 Å². The molecule has 1 saturated carbocycles. The van der Waals surface area contributed by atoms with E-state index in [0.717, 1.165) is 9.58 Å². The average molecular weight is 911 g/mol. The minimum Gasteiger partial charge on any atom is -0.504 e. The summed E-state index contributed by atoms with van der Waals surface area (Å²) in [6.07, 6.45) is 1.64. The van der Waals surface area contributed by atoms with Crippen LogP contribution < -0.4 is 41.3 Å². The number of methoxy groups -OCH3 is 4. The number of aryl methyl sites for hydroxylation is 2. The van der Waals surface area contributed by atoms with Crippen LogP contribution in [-0.4, -0.2) is 73.9 Å². The minimum atomic E-state index is -1.68. The average Bonchev–Trinajstić information content (AvgIpc) is 3.67. The lowest BCUT2D eigenvalue weighted by atomic mass is 9.53. The SMILES string of the molecule is COc1ccc([C@@]23C(=O)N(Nc4ccc(Cl)cc4Cl)C(=O)[C@@H]2C[C@@H]2C(=CCn4c(=O)n(CCc5nc6cc(OC)c(OC)cc6n(C)c5=O)c(=O)n42)[C@@H]3c2ccc(OC)c(O)c2)cc1. The third kappa shape index (κ3) is 6.35. The third-order valence-corrected chi connectivity index (χ3v) is 13.2. The quantitative estimate of drug-likeness (QED) is 0.131. The van der Waals surface area contributed by atoms with Gasteiger partial charge in [0.25, 0.3) is 17.4 Å². The van der Waals surface area contributed by atoms with Crippen molar-refractivity contribution >= 4 is 51.7 Å². The molecule has 4 aromatic carbocycles. The molecule has 3 aliphatic rings. The van der Waals surface area contributed by atoms with Gasteiger partial charge in [-0.1, -0.05) is 47.5 Å². The number of imide groups is 1. The van der Waals surface area contributed by atoms with Crippen molar-refractivity contribution in [1.29, 1.82) is 0 Å². The Morgan fingerprint density at radius 2 is 1.56 bits per heavy atom. The number of hydrogen-bond acceptors (Lipinski definition) is 12. The highest BCUT2D eigenvalue weighted by Gasteiger charge is 2.69. The Morgan fingerprint density at radius 1 is 0.844 bits per heavy atom. The molecule has 9 rings (SSSR count). The first kappa shape index (κ1) is 42.3. The van der Waals surface area contributed by atoms with Crippen molar-refractivity contribution in [1.82, 2.24) is 28.5 Å². The Labute approximate surface area is 374 Å². The number of anilines is 1. The number of rotatable bonds is 11. The number of phenols is 1. The monoisotopic (exact) mass is 909 g/mol. The van der Waals surface area contributed by atoms with Gasteiger partial charge in [-0.25, -0.2) is 28.5 Å². The fourth-order valence-electron chi connectivity index (χ4n) is 9.70. The number of carbonyl (C=O) groups is 2. The van der Waals surface area contributed by atoms with Crippen LogP contribution in [0.5, 0.6) is 28.7 Å². The highest BCUT2D eigenvalue weighted by Crippen LogP contribution is 2.62. The Bertz CT molecular complexity index is 3140. The predicted molar refractivity (Wildman–Crippen MR) is 236 cm³/mol. The number of hydrazine groups is 1. The van der Waals surface area contributed by atoms with Crippen molar-refractivity contribution in [3.05, 3.63) is 143 Å². The summed E-state index contributed by atoms with van der Waals surface area (Å²) in [7, 11) is 7.49. The molecular weight excluding hydrogens is 869 g/mol. The molecule has 19 heteroatoms. The van der Waals surface area contributed by atoms with Crippen molar-refractivity contribution in [3.63, 3.8) is 0 Å². The van der Waals surface area contributed by atoms with Crippen LogP contribution in [0.1, 0.15) is 35.2 Å². The topological polar surface area (TPSA) is 190 Å². The van der Waals surface area contributed by atoms with Gasteiger partial charge in [-0.15, -0.1) is 0 Å². The summed E-state index contributed by atoms with van der Waals surface area (Å²) in [6.45, 7) is -0.267. The van der Waals surface area contributed by atoms with Crippen LogP contribution in [0.25, 0.3) is 11.0 Å². The molecule has 64 heavy (non-hydrogen) atoms. The lowest BCUT2D eigenvalue weighted by Crippen LogP contribution is -2.53. The molecular formula is C45H41Cl2N7O10. The highest BCUT2D eigenvalue weighted by molar-refractivity contribution is 6.36. The van der Waals surface area contributed by atoms with Crippen LogP contribution in [0.3, 0.4) is 0 Å². The first-order valence-electron chi connectivity index (χ1n) is 20.1. The Hall–Kier alpha value is -6.98. The van der Waals surface area contributed by atoms with E-state index < -0.39 is 52.0 Å². The van der Waals surface area contributed by atoms with E-state index in [1.165, 1.54) is 54.5 Å². The van der Waals surface area contributed by atoms with Gasteiger partial charge in [-0.05, 0) is 65.6 Å². The minimum absolute atomic E-state index is 0.0705. The molecule has 2 aliphatic heterocycles. The Balaban J connectivity index is 1.18. The standard InChI is InChI=1S/C45H41Cl2N7O10/c1-50-34-22-38(64-5)37(63-4)21-32(34)48-31(41(50)57)15-16-51-43(59)52-17-14-27-33(54(52)44(51)60)20-28-40(56)53(49-30-12-9-25(46)19-29(30)47)42(58)45(28,24-7-10-26(61-2)11-8-24)39(27)23-6-13-36(62-3)35(55)18-23/h6-14,18-19,21-22,28,33,39,49,55H,15-17,20H2,1-5H3/t28-,33+,39-,45+/m0/s1. The normalized spacial score (nSPS) is 20.1. The van der Waals surface area contributed by atoms with Crippen LogP contribution >= 0.6 is 23.2 Å². The van der Waals surface area contributed by atoms with Crippen LogP contribution in [0.2, 0.25) is 10.0 Å². The number of allylic oxidation sites excluding steroid dienone is 2. The maximum atomic E-state index is 15.5. The van der Waals surface area contributed by atoms with Gasteiger partial charge in [0.15, 0.2) is 23.0 Å². The lowest BCUT2D eigenvalue weighted by Gasteiger charge is -2.49. The number of fused-ring (bicyclic) bond motifs is 5. The molecule has 330 valence electrons. The number of carbonyl (C=O) groups excluding carboxylic acids is 2. The van der Waals surface area contributed by atoms with E-state index >= 15 is 9.59 Å². The number of nitrogens with zero attached hydrogens (tertiary/aromatic N) is 6. The molecule has 4 heterocycles. The van der Waals surface area contributed by atoms with E-state index in [1.807, 2.05) is 0 Å². The second kappa shape index (κ2) is 16.0. The molecule has 2 amide bonds. The van der Waals surface area contributed by atoms with Crippen molar-refractivity contribution in [2.24, 2.45) is 13.0 Å². The van der Waals surface area contributed by atoms with Gasteiger partial charge in [-0.3, -0.25) is 19.8 Å². The van der Waals surface area contributed by atoms with Gasteiger partial charge in [0.05, 0.1) is 74.1 Å². The smallest absolute Gasteiger partial charge is 0.347 e. The molecule has 0 spiro atoms. The number of hydrogen-bond donors (Lipinski definition) is 2. The molecule has 1 saturated heterocycles. The summed E-state index contributed by atoms with van der Waals surface area (Å²) in [5.41, 5.74) is 2.31. The van der Waals surface area contributed by atoms with Crippen molar-refractivity contribution < 1.29 is 33.6 Å². The maximum absolute atomic E-state index is 15.5. The van der Waals surface area contributed by atoms with Gasteiger partial charge >= 0.3 is 11.4 Å². The fraction of sp³-hybridized carbons (Fsp3) is 0.289. The molecule has 6 aromatic rings. The molecule has 2 N–H and O–H groups in total. The second-order valence-electron chi connectivity index (χ2n) is 15.7. The number of ether oxygens (including phenoxy) is 4. The molecule has 4 atom stereocenters. The zero-order valence-electron chi connectivity index (χ0n) is 35.1. The molecule has 17 nitrogen and oxygen atoms in total.